The Balaban J connectivity index is 1.67. The SMILES string of the molecule is CC(C)(C)OC(=O)NC1CC(NCc2ccc(C(C)(C)C)s2)C1. The average Bonchev–Trinajstić information content (AvgIpc) is 2.77. The lowest BCUT2D eigenvalue weighted by Gasteiger charge is -2.36. The molecule has 1 heterocycles. The van der Waals surface area contributed by atoms with Crippen LogP contribution in [0.1, 0.15) is 64.1 Å². The Bertz CT molecular complexity index is 534. The molecule has 0 aromatic carbocycles. The maximum absolute atomic E-state index is 11.7. The summed E-state index contributed by atoms with van der Waals surface area (Å²) in [5, 5.41) is 6.50. The van der Waals surface area contributed by atoms with Crippen molar-refractivity contribution in [3.8, 4) is 0 Å². The van der Waals surface area contributed by atoms with Crippen LogP contribution >= 0.6 is 11.3 Å². The quantitative estimate of drug-likeness (QED) is 0.865. The molecule has 0 unspecified atom stereocenters. The Labute approximate surface area is 144 Å². The maximum atomic E-state index is 11.7. The van der Waals surface area contributed by atoms with E-state index in [1.54, 1.807) is 0 Å². The molecule has 1 fully saturated rings. The second kappa shape index (κ2) is 6.81. The highest BCUT2D eigenvalue weighted by molar-refractivity contribution is 7.12. The highest BCUT2D eigenvalue weighted by Gasteiger charge is 2.31. The number of amides is 1. The number of thiophene rings is 1. The zero-order valence-corrected chi connectivity index (χ0v) is 16.0. The number of carbonyl (C=O) groups is 1. The van der Waals surface area contributed by atoms with E-state index in [0.29, 0.717) is 6.04 Å². The molecule has 130 valence electrons. The van der Waals surface area contributed by atoms with Crippen LogP contribution in [-0.4, -0.2) is 23.8 Å². The van der Waals surface area contributed by atoms with Crippen molar-refractivity contribution < 1.29 is 9.53 Å². The topological polar surface area (TPSA) is 50.4 Å². The summed E-state index contributed by atoms with van der Waals surface area (Å²) in [6.07, 6.45) is 1.63. The fourth-order valence-corrected chi connectivity index (χ4v) is 3.51. The van der Waals surface area contributed by atoms with Crippen LogP contribution in [0.5, 0.6) is 0 Å². The molecule has 0 bridgehead atoms. The van der Waals surface area contributed by atoms with Crippen LogP contribution in [0.15, 0.2) is 12.1 Å². The first-order chi connectivity index (χ1) is 10.5. The Morgan fingerprint density at radius 1 is 1.17 bits per heavy atom. The summed E-state index contributed by atoms with van der Waals surface area (Å²) in [4.78, 5) is 14.5. The van der Waals surface area contributed by atoms with E-state index >= 15 is 0 Å². The number of hydrogen-bond donors (Lipinski definition) is 2. The third kappa shape index (κ3) is 5.81. The van der Waals surface area contributed by atoms with Gasteiger partial charge in [0, 0.05) is 28.4 Å². The summed E-state index contributed by atoms with van der Waals surface area (Å²) in [7, 11) is 0. The maximum Gasteiger partial charge on any atom is 0.407 e. The molecule has 1 aromatic rings. The van der Waals surface area contributed by atoms with Crippen LogP contribution < -0.4 is 10.6 Å². The smallest absolute Gasteiger partial charge is 0.407 e. The lowest BCUT2D eigenvalue weighted by atomic mass is 9.87. The van der Waals surface area contributed by atoms with E-state index in [1.165, 1.54) is 9.75 Å². The van der Waals surface area contributed by atoms with Gasteiger partial charge in [0.2, 0.25) is 0 Å². The van der Waals surface area contributed by atoms with Crippen LogP contribution in [0.2, 0.25) is 0 Å². The molecule has 1 aliphatic rings. The summed E-state index contributed by atoms with van der Waals surface area (Å²) >= 11 is 1.88. The molecule has 1 aromatic heterocycles. The summed E-state index contributed by atoms with van der Waals surface area (Å²) in [5.41, 5.74) is -0.211. The summed E-state index contributed by atoms with van der Waals surface area (Å²) in [6, 6.07) is 5.16. The first-order valence-corrected chi connectivity index (χ1v) is 9.17. The number of rotatable bonds is 4. The van der Waals surface area contributed by atoms with Gasteiger partial charge in [-0.1, -0.05) is 20.8 Å². The largest absolute Gasteiger partial charge is 0.444 e. The van der Waals surface area contributed by atoms with Gasteiger partial charge >= 0.3 is 6.09 Å². The van der Waals surface area contributed by atoms with Gasteiger partial charge < -0.3 is 15.4 Å². The third-order valence-electron chi connectivity index (χ3n) is 3.82. The van der Waals surface area contributed by atoms with Crippen LogP contribution in [-0.2, 0) is 16.7 Å². The molecule has 4 nitrogen and oxygen atoms in total. The summed E-state index contributed by atoms with van der Waals surface area (Å²) < 4.78 is 5.27. The monoisotopic (exact) mass is 338 g/mol. The lowest BCUT2D eigenvalue weighted by Crippen LogP contribution is -2.52. The molecule has 0 atom stereocenters. The first-order valence-electron chi connectivity index (χ1n) is 8.35. The predicted molar refractivity (Wildman–Crippen MR) is 96.0 cm³/mol. The molecule has 0 spiro atoms. The van der Waals surface area contributed by atoms with Crippen LogP contribution in [0.4, 0.5) is 4.79 Å². The minimum Gasteiger partial charge on any atom is -0.444 e. The second-order valence-electron chi connectivity index (χ2n) is 8.41. The van der Waals surface area contributed by atoms with Gasteiger partial charge in [0.1, 0.15) is 5.60 Å². The van der Waals surface area contributed by atoms with Crippen LogP contribution in [0.3, 0.4) is 0 Å². The molecular formula is C18H30N2O2S. The molecule has 1 aliphatic carbocycles. The molecule has 2 rings (SSSR count). The minimum absolute atomic E-state index is 0.224. The normalized spacial score (nSPS) is 21.7. The van der Waals surface area contributed by atoms with Gasteiger partial charge in [-0.05, 0) is 51.2 Å². The van der Waals surface area contributed by atoms with Crippen molar-refractivity contribution in [1.82, 2.24) is 10.6 Å². The number of nitrogens with one attached hydrogen (secondary N) is 2. The second-order valence-corrected chi connectivity index (χ2v) is 9.58. The average molecular weight is 339 g/mol. The summed E-state index contributed by atoms with van der Waals surface area (Å²) in [5.74, 6) is 0. The minimum atomic E-state index is -0.435. The molecule has 1 saturated carbocycles. The molecule has 0 aliphatic heterocycles. The van der Waals surface area contributed by atoms with Gasteiger partial charge in [-0.15, -0.1) is 11.3 Å². The van der Waals surface area contributed by atoms with E-state index in [4.69, 9.17) is 4.74 Å². The van der Waals surface area contributed by atoms with Crippen LogP contribution in [0, 0.1) is 0 Å². The fourth-order valence-electron chi connectivity index (χ4n) is 2.50. The highest BCUT2D eigenvalue weighted by Crippen LogP contribution is 2.30. The molecule has 1 amide bonds. The predicted octanol–water partition coefficient (Wildman–Crippen LogP) is 4.19. The van der Waals surface area contributed by atoms with Crippen molar-refractivity contribution in [2.75, 3.05) is 0 Å². The van der Waals surface area contributed by atoms with E-state index in [-0.39, 0.29) is 17.6 Å². The van der Waals surface area contributed by atoms with Crippen molar-refractivity contribution in [2.45, 2.75) is 84.0 Å². The van der Waals surface area contributed by atoms with Gasteiger partial charge in [-0.25, -0.2) is 4.79 Å². The van der Waals surface area contributed by atoms with Gasteiger partial charge in [0.25, 0.3) is 0 Å². The Kier molecular flexibility index (Phi) is 5.41. The van der Waals surface area contributed by atoms with E-state index in [9.17, 15) is 4.79 Å². The van der Waals surface area contributed by atoms with E-state index in [0.717, 1.165) is 19.4 Å². The van der Waals surface area contributed by atoms with Crippen molar-refractivity contribution in [1.29, 1.82) is 0 Å². The Hall–Kier alpha value is -1.07. The summed E-state index contributed by atoms with van der Waals surface area (Å²) in [6.45, 7) is 13.3. The molecule has 5 heteroatoms. The van der Waals surface area contributed by atoms with Gasteiger partial charge in [-0.2, -0.15) is 0 Å². The molecule has 0 saturated heterocycles. The van der Waals surface area contributed by atoms with Crippen LogP contribution in [0.25, 0.3) is 0 Å². The van der Waals surface area contributed by atoms with Crippen molar-refractivity contribution in [2.24, 2.45) is 0 Å². The van der Waals surface area contributed by atoms with Gasteiger partial charge in [0.05, 0.1) is 0 Å². The Morgan fingerprint density at radius 3 is 2.35 bits per heavy atom. The third-order valence-corrected chi connectivity index (χ3v) is 5.34. The van der Waals surface area contributed by atoms with E-state index in [2.05, 4.69) is 43.5 Å². The Morgan fingerprint density at radius 2 is 1.83 bits per heavy atom. The number of hydrogen-bond acceptors (Lipinski definition) is 4. The zero-order chi connectivity index (χ0) is 17.3. The van der Waals surface area contributed by atoms with E-state index < -0.39 is 5.60 Å². The molecule has 2 N–H and O–H groups in total. The first kappa shape index (κ1) is 18.3. The van der Waals surface area contributed by atoms with Crippen molar-refractivity contribution >= 4 is 17.4 Å². The van der Waals surface area contributed by atoms with E-state index in [1.807, 2.05) is 32.1 Å². The number of carbonyl (C=O) groups excluding carboxylic acids is 1. The van der Waals surface area contributed by atoms with Gasteiger partial charge in [0.15, 0.2) is 0 Å². The number of ether oxygens (including phenoxy) is 1. The molecule has 0 radical (unpaired) electrons. The van der Waals surface area contributed by atoms with Crippen molar-refractivity contribution in [3.63, 3.8) is 0 Å². The lowest BCUT2D eigenvalue weighted by molar-refractivity contribution is 0.0465. The fraction of sp³-hybridized carbons (Fsp3) is 0.722. The van der Waals surface area contributed by atoms with Gasteiger partial charge in [-0.3, -0.25) is 0 Å². The zero-order valence-electron chi connectivity index (χ0n) is 15.2. The molecule has 23 heavy (non-hydrogen) atoms. The standard InChI is InChI=1S/C18H30N2O2S/c1-17(2,3)15-8-7-14(23-15)11-19-12-9-13(10-12)20-16(21)22-18(4,5)6/h7-8,12-13,19H,9-11H2,1-6H3,(H,20,21). The number of alkyl carbamates (subject to hydrolysis) is 1. The highest BCUT2D eigenvalue weighted by atomic mass is 32.1. The molecular weight excluding hydrogens is 308 g/mol. The van der Waals surface area contributed by atoms with Crippen molar-refractivity contribution in [3.05, 3.63) is 21.9 Å².